The Morgan fingerprint density at radius 1 is 1.14 bits per heavy atom. The molecule has 1 amide bonds. The number of amides is 1. The van der Waals surface area contributed by atoms with Gasteiger partial charge in [0, 0.05) is 17.4 Å². The van der Waals surface area contributed by atoms with Crippen LogP contribution in [0.15, 0.2) is 71.3 Å². The van der Waals surface area contributed by atoms with E-state index < -0.39 is 0 Å². The van der Waals surface area contributed by atoms with Crippen LogP contribution in [0.5, 0.6) is 0 Å². The monoisotopic (exact) mass is 370 g/mol. The second kappa shape index (κ2) is 9.10. The van der Waals surface area contributed by atoms with Crippen LogP contribution in [0.4, 0.5) is 5.69 Å². The van der Waals surface area contributed by atoms with E-state index in [4.69, 9.17) is 9.68 Å². The number of benzene rings is 2. The van der Waals surface area contributed by atoms with Crippen molar-refractivity contribution in [1.29, 1.82) is 5.26 Å². The van der Waals surface area contributed by atoms with Crippen molar-refractivity contribution in [3.63, 3.8) is 0 Å². The van der Waals surface area contributed by atoms with Crippen LogP contribution in [0.1, 0.15) is 18.1 Å². The zero-order chi connectivity index (χ0) is 19.8. The molecular weight excluding hydrogens is 352 g/mol. The molecule has 0 aliphatic carbocycles. The van der Waals surface area contributed by atoms with Crippen LogP contribution >= 0.6 is 0 Å². The first kappa shape index (κ1) is 18.8. The lowest BCUT2D eigenvalue weighted by Crippen LogP contribution is -1.93. The van der Waals surface area contributed by atoms with E-state index in [-0.39, 0.29) is 0 Å². The number of carbonyl (C=O) groups excluding carboxylic acids is 1. The SMILES string of the molecule is CCc1ccc(C#N)cc1.O=CNc1cccc(-c2nc3ncccc3o2)c1. The number of oxazole rings is 1. The number of pyridine rings is 1. The molecule has 0 saturated carbocycles. The standard InChI is InChI=1S/C13H9N3O2.C9H9N/c17-8-15-10-4-1-3-9(7-10)13-16-12-11(18-13)5-2-6-14-12;1-2-8-3-5-9(7-10)6-4-8/h1-8H,(H,15,17);3-6H,2H2,1H3. The molecule has 2 aromatic carbocycles. The second-order valence-electron chi connectivity index (χ2n) is 5.85. The topological polar surface area (TPSA) is 91.8 Å². The number of hydrogen-bond acceptors (Lipinski definition) is 5. The number of carbonyl (C=O) groups is 1. The summed E-state index contributed by atoms with van der Waals surface area (Å²) < 4.78 is 5.60. The highest BCUT2D eigenvalue weighted by Crippen LogP contribution is 2.24. The zero-order valence-electron chi connectivity index (χ0n) is 15.3. The fourth-order valence-electron chi connectivity index (χ4n) is 2.52. The average molecular weight is 370 g/mol. The van der Waals surface area contributed by atoms with Gasteiger partial charge >= 0.3 is 0 Å². The van der Waals surface area contributed by atoms with Crippen LogP contribution < -0.4 is 5.32 Å². The Balaban J connectivity index is 0.000000192. The molecule has 6 heteroatoms. The van der Waals surface area contributed by atoms with Gasteiger partial charge in [0.25, 0.3) is 0 Å². The van der Waals surface area contributed by atoms with Crippen LogP contribution in [-0.2, 0) is 11.2 Å². The summed E-state index contributed by atoms with van der Waals surface area (Å²) in [6.07, 6.45) is 3.33. The Labute approximate surface area is 162 Å². The van der Waals surface area contributed by atoms with Gasteiger partial charge < -0.3 is 9.73 Å². The van der Waals surface area contributed by atoms with E-state index in [9.17, 15) is 4.79 Å². The van der Waals surface area contributed by atoms with Gasteiger partial charge in [-0.25, -0.2) is 4.98 Å². The summed E-state index contributed by atoms with van der Waals surface area (Å²) in [7, 11) is 0. The molecule has 6 nitrogen and oxygen atoms in total. The van der Waals surface area contributed by atoms with E-state index in [1.165, 1.54) is 5.56 Å². The molecule has 2 heterocycles. The van der Waals surface area contributed by atoms with Gasteiger partial charge in [-0.15, -0.1) is 0 Å². The van der Waals surface area contributed by atoms with E-state index in [1.807, 2.05) is 42.5 Å². The fourth-order valence-corrected chi connectivity index (χ4v) is 2.52. The predicted molar refractivity (Wildman–Crippen MR) is 107 cm³/mol. The lowest BCUT2D eigenvalue weighted by molar-refractivity contribution is -0.105. The molecule has 4 aromatic rings. The third-order valence-corrected chi connectivity index (χ3v) is 3.99. The predicted octanol–water partition coefficient (Wildman–Crippen LogP) is 4.58. The summed E-state index contributed by atoms with van der Waals surface area (Å²) in [5, 5.41) is 11.0. The van der Waals surface area contributed by atoms with Crippen molar-refractivity contribution in [2.45, 2.75) is 13.3 Å². The molecule has 1 N–H and O–H groups in total. The molecule has 0 atom stereocenters. The van der Waals surface area contributed by atoms with Crippen molar-refractivity contribution in [2.75, 3.05) is 5.32 Å². The maximum absolute atomic E-state index is 10.4. The van der Waals surface area contributed by atoms with Gasteiger partial charge in [-0.2, -0.15) is 10.2 Å². The minimum Gasteiger partial charge on any atom is -0.434 e. The summed E-state index contributed by atoms with van der Waals surface area (Å²) in [6, 6.07) is 20.6. The summed E-state index contributed by atoms with van der Waals surface area (Å²) in [6.45, 7) is 2.10. The Bertz CT molecular complexity index is 1080. The molecule has 0 radical (unpaired) electrons. The number of aryl methyl sites for hydroxylation is 1. The molecular formula is C22H18N4O2. The number of rotatable bonds is 4. The third-order valence-electron chi connectivity index (χ3n) is 3.99. The van der Waals surface area contributed by atoms with Gasteiger partial charge in [0.2, 0.25) is 12.3 Å². The summed E-state index contributed by atoms with van der Waals surface area (Å²) >= 11 is 0. The van der Waals surface area contributed by atoms with Crippen molar-refractivity contribution in [2.24, 2.45) is 0 Å². The Kier molecular flexibility index (Phi) is 6.11. The molecule has 0 saturated heterocycles. The van der Waals surface area contributed by atoms with E-state index in [2.05, 4.69) is 28.3 Å². The van der Waals surface area contributed by atoms with E-state index in [1.54, 1.807) is 24.4 Å². The maximum Gasteiger partial charge on any atom is 0.228 e. The quantitative estimate of drug-likeness (QED) is 0.531. The number of nitriles is 1. The van der Waals surface area contributed by atoms with Crippen molar-refractivity contribution in [3.05, 3.63) is 78.0 Å². The largest absolute Gasteiger partial charge is 0.434 e. The van der Waals surface area contributed by atoms with Crippen LogP contribution in [-0.4, -0.2) is 16.4 Å². The molecule has 138 valence electrons. The summed E-state index contributed by atoms with van der Waals surface area (Å²) in [5.74, 6) is 0.484. The highest BCUT2D eigenvalue weighted by Gasteiger charge is 2.08. The van der Waals surface area contributed by atoms with E-state index >= 15 is 0 Å². The third kappa shape index (κ3) is 4.59. The molecule has 4 rings (SSSR count). The number of aromatic nitrogens is 2. The van der Waals surface area contributed by atoms with Gasteiger partial charge in [0.05, 0.1) is 11.6 Å². The first-order valence-corrected chi connectivity index (χ1v) is 8.74. The summed E-state index contributed by atoms with van der Waals surface area (Å²) in [4.78, 5) is 18.8. The molecule has 0 spiro atoms. The van der Waals surface area contributed by atoms with Crippen LogP contribution in [0.25, 0.3) is 22.7 Å². The number of nitrogens with one attached hydrogen (secondary N) is 1. The first-order valence-electron chi connectivity index (χ1n) is 8.74. The molecule has 28 heavy (non-hydrogen) atoms. The first-order chi connectivity index (χ1) is 13.7. The normalized spacial score (nSPS) is 9.86. The van der Waals surface area contributed by atoms with Crippen molar-refractivity contribution < 1.29 is 9.21 Å². The fraction of sp³-hybridized carbons (Fsp3) is 0.0909. The van der Waals surface area contributed by atoms with Crippen LogP contribution in [0.3, 0.4) is 0 Å². The number of anilines is 1. The summed E-state index contributed by atoms with van der Waals surface area (Å²) in [5.41, 5.74) is 4.70. The van der Waals surface area contributed by atoms with Crippen molar-refractivity contribution in [1.82, 2.24) is 9.97 Å². The van der Waals surface area contributed by atoms with E-state index in [0.717, 1.165) is 17.5 Å². The molecule has 0 aliphatic heterocycles. The molecule has 2 aromatic heterocycles. The van der Waals surface area contributed by atoms with Gasteiger partial charge in [-0.05, 0) is 54.4 Å². The van der Waals surface area contributed by atoms with Gasteiger partial charge in [0.1, 0.15) is 0 Å². The van der Waals surface area contributed by atoms with Gasteiger partial charge in [0.15, 0.2) is 11.2 Å². The Morgan fingerprint density at radius 2 is 1.96 bits per heavy atom. The molecule has 0 bridgehead atoms. The van der Waals surface area contributed by atoms with Gasteiger partial charge in [-0.1, -0.05) is 25.1 Å². The number of nitrogens with zero attached hydrogens (tertiary/aromatic N) is 3. The Morgan fingerprint density at radius 3 is 2.64 bits per heavy atom. The van der Waals surface area contributed by atoms with Gasteiger partial charge in [-0.3, -0.25) is 4.79 Å². The van der Waals surface area contributed by atoms with E-state index in [0.29, 0.717) is 29.2 Å². The van der Waals surface area contributed by atoms with Crippen LogP contribution in [0, 0.1) is 11.3 Å². The van der Waals surface area contributed by atoms with Crippen molar-refractivity contribution in [3.8, 4) is 17.5 Å². The lowest BCUT2D eigenvalue weighted by Gasteiger charge is -1.99. The highest BCUT2D eigenvalue weighted by atomic mass is 16.3. The smallest absolute Gasteiger partial charge is 0.228 e. The molecule has 0 aliphatic rings. The molecule has 0 fully saturated rings. The minimum atomic E-state index is 0.484. The second-order valence-corrected chi connectivity index (χ2v) is 5.85. The Hall–Kier alpha value is -3.98. The molecule has 0 unspecified atom stereocenters. The maximum atomic E-state index is 10.4. The minimum absolute atomic E-state index is 0.484. The highest BCUT2D eigenvalue weighted by molar-refractivity contribution is 5.76. The van der Waals surface area contributed by atoms with Crippen LogP contribution in [0.2, 0.25) is 0 Å². The lowest BCUT2D eigenvalue weighted by atomic mass is 10.1. The zero-order valence-corrected chi connectivity index (χ0v) is 15.3. The number of hydrogen-bond donors (Lipinski definition) is 1. The van der Waals surface area contributed by atoms with Crippen molar-refractivity contribution >= 4 is 23.3 Å². The number of fused-ring (bicyclic) bond motifs is 1. The average Bonchev–Trinajstić information content (AvgIpc) is 3.19.